The van der Waals surface area contributed by atoms with E-state index in [1.54, 1.807) is 0 Å². The molecule has 2 heteroatoms. The third-order valence-electron chi connectivity index (χ3n) is 4.78. The summed E-state index contributed by atoms with van der Waals surface area (Å²) in [6.07, 6.45) is 2.62. The molecule has 0 aromatic heterocycles. The molecule has 0 unspecified atom stereocenters. The fourth-order valence-electron chi connectivity index (χ4n) is 3.78. The molecule has 2 aromatic carbocycles. The third kappa shape index (κ3) is 2.24. The van der Waals surface area contributed by atoms with Gasteiger partial charge in [-0.25, -0.2) is 0 Å². The second-order valence-electron chi connectivity index (χ2n) is 6.22. The maximum atomic E-state index is 6.18. The standard InChI is InChI=1S/C19H21NO/c1-13-9-10-17-16(12-13)19-15(8-5-11-21-19)18(20-17)14-6-3-2-4-7-14/h2-4,6-7,9-10,12,15,18-20H,5,8,11H2,1H3/t15-,18+,19-/m1/s1. The van der Waals surface area contributed by atoms with Crippen molar-refractivity contribution in [3.05, 3.63) is 65.2 Å². The second kappa shape index (κ2) is 5.19. The molecule has 0 radical (unpaired) electrons. The van der Waals surface area contributed by atoms with Gasteiger partial charge in [0.25, 0.3) is 0 Å². The molecule has 0 aliphatic carbocycles. The van der Waals surface area contributed by atoms with Crippen molar-refractivity contribution in [2.45, 2.75) is 31.9 Å². The first-order valence-electron chi connectivity index (χ1n) is 7.86. The number of nitrogens with one attached hydrogen (secondary N) is 1. The van der Waals surface area contributed by atoms with Crippen LogP contribution < -0.4 is 5.32 Å². The van der Waals surface area contributed by atoms with Gasteiger partial charge in [-0.3, -0.25) is 0 Å². The smallest absolute Gasteiger partial charge is 0.0895 e. The topological polar surface area (TPSA) is 21.3 Å². The van der Waals surface area contributed by atoms with Crippen LogP contribution in [0.4, 0.5) is 5.69 Å². The van der Waals surface area contributed by atoms with Gasteiger partial charge in [0.15, 0.2) is 0 Å². The molecule has 4 rings (SSSR count). The van der Waals surface area contributed by atoms with Crippen LogP contribution in [0.1, 0.15) is 41.7 Å². The Labute approximate surface area is 126 Å². The average Bonchev–Trinajstić information content (AvgIpc) is 2.55. The minimum atomic E-state index is 0.236. The Bertz CT molecular complexity index is 637. The predicted molar refractivity (Wildman–Crippen MR) is 85.4 cm³/mol. The first-order valence-corrected chi connectivity index (χ1v) is 7.86. The highest BCUT2D eigenvalue weighted by atomic mass is 16.5. The van der Waals surface area contributed by atoms with Gasteiger partial charge in [0.05, 0.1) is 12.1 Å². The van der Waals surface area contributed by atoms with E-state index in [0.29, 0.717) is 12.0 Å². The molecular formula is C19H21NO. The predicted octanol–water partition coefficient (Wildman–Crippen LogP) is 4.63. The fourth-order valence-corrected chi connectivity index (χ4v) is 3.78. The molecule has 2 heterocycles. The van der Waals surface area contributed by atoms with Gasteiger partial charge in [-0.1, -0.05) is 48.0 Å². The van der Waals surface area contributed by atoms with Gasteiger partial charge < -0.3 is 10.1 Å². The van der Waals surface area contributed by atoms with Crippen LogP contribution in [0, 0.1) is 12.8 Å². The molecular weight excluding hydrogens is 258 g/mol. The largest absolute Gasteiger partial charge is 0.378 e. The SMILES string of the molecule is Cc1ccc2c(c1)[C@@H]1OCCC[C@@H]1[C@H](c1ccccc1)N2. The molecule has 3 atom stereocenters. The first-order chi connectivity index (χ1) is 10.3. The summed E-state index contributed by atoms with van der Waals surface area (Å²) in [5.74, 6) is 0.524. The van der Waals surface area contributed by atoms with Crippen molar-refractivity contribution in [1.82, 2.24) is 0 Å². The Balaban J connectivity index is 1.79. The van der Waals surface area contributed by atoms with E-state index in [1.807, 2.05) is 0 Å². The summed E-state index contributed by atoms with van der Waals surface area (Å²) >= 11 is 0. The quantitative estimate of drug-likeness (QED) is 0.821. The van der Waals surface area contributed by atoms with Crippen LogP contribution in [0.2, 0.25) is 0 Å². The highest BCUT2D eigenvalue weighted by molar-refractivity contribution is 5.58. The molecule has 1 saturated heterocycles. The summed E-state index contributed by atoms with van der Waals surface area (Å²) in [4.78, 5) is 0. The van der Waals surface area contributed by atoms with E-state index in [1.165, 1.54) is 28.8 Å². The van der Waals surface area contributed by atoms with Crippen LogP contribution in [0.3, 0.4) is 0 Å². The Morgan fingerprint density at radius 2 is 1.95 bits per heavy atom. The lowest BCUT2D eigenvalue weighted by atomic mass is 9.77. The molecule has 2 nitrogen and oxygen atoms in total. The van der Waals surface area contributed by atoms with Crippen molar-refractivity contribution >= 4 is 5.69 Å². The second-order valence-corrected chi connectivity index (χ2v) is 6.22. The van der Waals surface area contributed by atoms with Crippen molar-refractivity contribution < 1.29 is 4.74 Å². The molecule has 2 aliphatic heterocycles. The summed E-state index contributed by atoms with van der Waals surface area (Å²) in [5.41, 5.74) is 5.25. The molecule has 0 amide bonds. The Kier molecular flexibility index (Phi) is 3.19. The molecule has 2 aromatic rings. The van der Waals surface area contributed by atoms with Gasteiger partial charge in [-0.05, 0) is 31.4 Å². The molecule has 21 heavy (non-hydrogen) atoms. The van der Waals surface area contributed by atoms with Crippen LogP contribution in [0.25, 0.3) is 0 Å². The number of anilines is 1. The van der Waals surface area contributed by atoms with Crippen LogP contribution >= 0.6 is 0 Å². The molecule has 0 saturated carbocycles. The van der Waals surface area contributed by atoms with Crippen LogP contribution in [0.15, 0.2) is 48.5 Å². The molecule has 1 fully saturated rings. The molecule has 0 bridgehead atoms. The Morgan fingerprint density at radius 1 is 1.10 bits per heavy atom. The lowest BCUT2D eigenvalue weighted by molar-refractivity contribution is -0.0381. The van der Waals surface area contributed by atoms with Crippen LogP contribution in [-0.4, -0.2) is 6.61 Å². The zero-order chi connectivity index (χ0) is 14.2. The van der Waals surface area contributed by atoms with Crippen molar-refractivity contribution in [1.29, 1.82) is 0 Å². The summed E-state index contributed by atoms with van der Waals surface area (Å²) in [6.45, 7) is 3.04. The molecule has 108 valence electrons. The molecule has 1 N–H and O–H groups in total. The van der Waals surface area contributed by atoms with E-state index in [9.17, 15) is 0 Å². The number of ether oxygens (including phenoxy) is 1. The van der Waals surface area contributed by atoms with Crippen molar-refractivity contribution in [2.24, 2.45) is 5.92 Å². The van der Waals surface area contributed by atoms with E-state index in [-0.39, 0.29) is 6.10 Å². The van der Waals surface area contributed by atoms with Crippen LogP contribution in [-0.2, 0) is 4.74 Å². The molecule has 0 spiro atoms. The fraction of sp³-hybridized carbons (Fsp3) is 0.368. The van der Waals surface area contributed by atoms with E-state index in [2.05, 4.69) is 60.8 Å². The number of benzene rings is 2. The zero-order valence-corrected chi connectivity index (χ0v) is 12.4. The lowest BCUT2D eigenvalue weighted by Crippen LogP contribution is -2.36. The van der Waals surface area contributed by atoms with Crippen molar-refractivity contribution in [3.8, 4) is 0 Å². The number of rotatable bonds is 1. The zero-order valence-electron chi connectivity index (χ0n) is 12.4. The third-order valence-corrected chi connectivity index (χ3v) is 4.78. The van der Waals surface area contributed by atoms with Crippen molar-refractivity contribution in [2.75, 3.05) is 11.9 Å². The highest BCUT2D eigenvalue weighted by Crippen LogP contribution is 2.49. The van der Waals surface area contributed by atoms with Crippen molar-refractivity contribution in [3.63, 3.8) is 0 Å². The van der Waals surface area contributed by atoms with Gasteiger partial charge in [0.1, 0.15) is 0 Å². The first kappa shape index (κ1) is 12.9. The Hall–Kier alpha value is -1.80. The number of fused-ring (bicyclic) bond motifs is 3. The van der Waals surface area contributed by atoms with Gasteiger partial charge in [0, 0.05) is 23.8 Å². The number of aryl methyl sites for hydroxylation is 1. The van der Waals surface area contributed by atoms with Gasteiger partial charge in [-0.15, -0.1) is 0 Å². The minimum absolute atomic E-state index is 0.236. The minimum Gasteiger partial charge on any atom is -0.378 e. The molecule has 2 aliphatic rings. The highest BCUT2D eigenvalue weighted by Gasteiger charge is 2.39. The van der Waals surface area contributed by atoms with E-state index >= 15 is 0 Å². The normalized spacial score (nSPS) is 27.4. The summed E-state index contributed by atoms with van der Waals surface area (Å²) in [5, 5.41) is 3.76. The summed E-state index contributed by atoms with van der Waals surface area (Å²) < 4.78 is 6.18. The lowest BCUT2D eigenvalue weighted by Gasteiger charge is -2.43. The monoisotopic (exact) mass is 279 g/mol. The number of hydrogen-bond acceptors (Lipinski definition) is 2. The van der Waals surface area contributed by atoms with E-state index in [0.717, 1.165) is 13.0 Å². The van der Waals surface area contributed by atoms with Gasteiger partial charge in [-0.2, -0.15) is 0 Å². The average molecular weight is 279 g/mol. The maximum Gasteiger partial charge on any atom is 0.0895 e. The number of hydrogen-bond donors (Lipinski definition) is 1. The van der Waals surface area contributed by atoms with Gasteiger partial charge >= 0.3 is 0 Å². The van der Waals surface area contributed by atoms with E-state index < -0.39 is 0 Å². The summed E-state index contributed by atoms with van der Waals surface area (Å²) in [6, 6.07) is 17.8. The van der Waals surface area contributed by atoms with Gasteiger partial charge in [0.2, 0.25) is 0 Å². The van der Waals surface area contributed by atoms with Crippen LogP contribution in [0.5, 0.6) is 0 Å². The summed E-state index contributed by atoms with van der Waals surface area (Å²) in [7, 11) is 0. The van der Waals surface area contributed by atoms with E-state index in [4.69, 9.17) is 4.74 Å². The maximum absolute atomic E-state index is 6.18. The Morgan fingerprint density at radius 3 is 2.81 bits per heavy atom.